The van der Waals surface area contributed by atoms with Crippen molar-refractivity contribution >= 4 is 34.9 Å². The first kappa shape index (κ1) is 15.7. The van der Waals surface area contributed by atoms with E-state index in [0.29, 0.717) is 21.2 Å². The van der Waals surface area contributed by atoms with Gasteiger partial charge in [-0.1, -0.05) is 84.4 Å². The molecular formula is C19H14ClO2P. The lowest BCUT2D eigenvalue weighted by Gasteiger charge is -2.19. The van der Waals surface area contributed by atoms with Crippen molar-refractivity contribution < 1.29 is 9.36 Å². The van der Waals surface area contributed by atoms with Gasteiger partial charge in [-0.25, -0.2) is 0 Å². The quantitative estimate of drug-likeness (QED) is 0.656. The van der Waals surface area contributed by atoms with E-state index in [9.17, 15) is 9.36 Å². The Kier molecular flexibility index (Phi) is 4.47. The standard InChI is InChI=1S/C19H14ClO2P/c20-17-13-7-8-14-18(17)23(22,16-11-5-2-6-12-16)19(21)15-9-3-1-4-10-15/h1-14H. The summed E-state index contributed by atoms with van der Waals surface area (Å²) in [5.41, 5.74) is 0.0111. The molecule has 0 N–H and O–H groups in total. The Balaban J connectivity index is 2.26. The zero-order chi connectivity index (χ0) is 16.3. The Morgan fingerprint density at radius 3 is 1.87 bits per heavy atom. The van der Waals surface area contributed by atoms with Gasteiger partial charge in [-0.3, -0.25) is 4.79 Å². The van der Waals surface area contributed by atoms with Gasteiger partial charge in [0.2, 0.25) is 12.7 Å². The fourth-order valence-corrected chi connectivity index (χ4v) is 5.47. The molecule has 1 atom stereocenters. The molecule has 4 heteroatoms. The van der Waals surface area contributed by atoms with Crippen molar-refractivity contribution in [2.45, 2.75) is 0 Å². The largest absolute Gasteiger partial charge is 0.305 e. The molecule has 0 saturated heterocycles. The van der Waals surface area contributed by atoms with Crippen LogP contribution in [0.4, 0.5) is 0 Å². The van der Waals surface area contributed by atoms with Crippen LogP contribution in [0, 0.1) is 0 Å². The number of rotatable bonds is 4. The molecule has 0 saturated carbocycles. The number of benzene rings is 3. The Morgan fingerprint density at radius 1 is 0.739 bits per heavy atom. The molecule has 0 amide bonds. The molecule has 3 rings (SSSR count). The van der Waals surface area contributed by atoms with E-state index in [-0.39, 0.29) is 0 Å². The fraction of sp³-hybridized carbons (Fsp3) is 0. The Hall–Kier alpha value is -2.15. The summed E-state index contributed by atoms with van der Waals surface area (Å²) in [5, 5.41) is 1.20. The van der Waals surface area contributed by atoms with Gasteiger partial charge in [-0.05, 0) is 12.1 Å². The van der Waals surface area contributed by atoms with Crippen molar-refractivity contribution in [2.75, 3.05) is 0 Å². The third-order valence-electron chi connectivity index (χ3n) is 3.62. The smallest absolute Gasteiger partial charge is 0.230 e. The summed E-state index contributed by atoms with van der Waals surface area (Å²) >= 11 is 6.27. The topological polar surface area (TPSA) is 34.1 Å². The van der Waals surface area contributed by atoms with E-state index in [4.69, 9.17) is 11.6 Å². The summed E-state index contributed by atoms with van der Waals surface area (Å²) in [6.45, 7) is 0. The molecular weight excluding hydrogens is 327 g/mol. The minimum absolute atomic E-state index is 0.337. The van der Waals surface area contributed by atoms with Crippen molar-refractivity contribution in [1.82, 2.24) is 0 Å². The van der Waals surface area contributed by atoms with Crippen molar-refractivity contribution in [2.24, 2.45) is 0 Å². The number of carbonyl (C=O) groups is 1. The van der Waals surface area contributed by atoms with Crippen molar-refractivity contribution in [1.29, 1.82) is 0 Å². The zero-order valence-corrected chi connectivity index (χ0v) is 13.9. The van der Waals surface area contributed by atoms with Gasteiger partial charge < -0.3 is 4.57 Å². The summed E-state index contributed by atoms with van der Waals surface area (Å²) in [6, 6.07) is 24.3. The van der Waals surface area contributed by atoms with Crippen LogP contribution in [0.2, 0.25) is 5.02 Å². The van der Waals surface area contributed by atoms with Crippen LogP contribution in [0.5, 0.6) is 0 Å². The SMILES string of the molecule is O=C(c1ccccc1)P(=O)(c1ccccc1)c1ccccc1Cl. The minimum atomic E-state index is -3.55. The average Bonchev–Trinajstić information content (AvgIpc) is 2.62. The Bertz CT molecular complexity index is 876. The second-order valence-corrected chi connectivity index (χ2v) is 8.10. The number of halogens is 1. The van der Waals surface area contributed by atoms with Crippen molar-refractivity contribution in [3.63, 3.8) is 0 Å². The number of carbonyl (C=O) groups excluding carboxylic acids is 1. The summed E-state index contributed by atoms with van der Waals surface area (Å²) in [7, 11) is -3.55. The maximum atomic E-state index is 13.9. The Morgan fingerprint density at radius 2 is 1.26 bits per heavy atom. The van der Waals surface area contributed by atoms with E-state index in [1.54, 1.807) is 72.8 Å². The minimum Gasteiger partial charge on any atom is -0.305 e. The molecule has 0 spiro atoms. The van der Waals surface area contributed by atoms with E-state index in [0.717, 1.165) is 0 Å². The van der Waals surface area contributed by atoms with Gasteiger partial charge in [-0.2, -0.15) is 0 Å². The van der Waals surface area contributed by atoms with Crippen LogP contribution in [-0.2, 0) is 4.57 Å². The van der Waals surface area contributed by atoms with Crippen LogP contribution in [0.1, 0.15) is 10.4 Å². The highest BCUT2D eigenvalue weighted by molar-refractivity contribution is 7.93. The number of hydrogen-bond acceptors (Lipinski definition) is 2. The molecule has 0 aliphatic rings. The van der Waals surface area contributed by atoms with E-state index < -0.39 is 12.7 Å². The van der Waals surface area contributed by atoms with Crippen LogP contribution < -0.4 is 10.6 Å². The van der Waals surface area contributed by atoms with Crippen LogP contribution >= 0.6 is 18.7 Å². The first-order valence-corrected chi connectivity index (χ1v) is 9.23. The molecule has 0 radical (unpaired) electrons. The van der Waals surface area contributed by atoms with E-state index in [1.165, 1.54) is 0 Å². The van der Waals surface area contributed by atoms with Gasteiger partial charge >= 0.3 is 0 Å². The fourth-order valence-electron chi connectivity index (χ4n) is 2.47. The molecule has 1 unspecified atom stereocenters. The van der Waals surface area contributed by atoms with E-state index >= 15 is 0 Å². The van der Waals surface area contributed by atoms with Crippen LogP contribution in [0.15, 0.2) is 84.9 Å². The molecule has 3 aromatic rings. The molecule has 0 aliphatic heterocycles. The second kappa shape index (κ2) is 6.54. The third-order valence-corrected chi connectivity index (χ3v) is 7.00. The highest BCUT2D eigenvalue weighted by Crippen LogP contribution is 2.48. The van der Waals surface area contributed by atoms with Gasteiger partial charge in [0, 0.05) is 16.2 Å². The van der Waals surface area contributed by atoms with E-state index in [2.05, 4.69) is 0 Å². The predicted octanol–water partition coefficient (Wildman–Crippen LogP) is 4.49. The molecule has 114 valence electrons. The average molecular weight is 341 g/mol. The van der Waals surface area contributed by atoms with E-state index in [1.807, 2.05) is 12.1 Å². The van der Waals surface area contributed by atoms with Gasteiger partial charge in [-0.15, -0.1) is 0 Å². The molecule has 3 aromatic carbocycles. The highest BCUT2D eigenvalue weighted by atomic mass is 35.5. The van der Waals surface area contributed by atoms with Crippen LogP contribution in [0.3, 0.4) is 0 Å². The van der Waals surface area contributed by atoms with Crippen LogP contribution in [-0.4, -0.2) is 5.52 Å². The summed E-state index contributed by atoms with van der Waals surface area (Å²) in [4.78, 5) is 13.1. The van der Waals surface area contributed by atoms with Gasteiger partial charge in [0.1, 0.15) is 0 Å². The van der Waals surface area contributed by atoms with Crippen molar-refractivity contribution in [3.8, 4) is 0 Å². The lowest BCUT2D eigenvalue weighted by atomic mass is 10.2. The Labute approximate surface area is 140 Å². The maximum absolute atomic E-state index is 13.9. The second-order valence-electron chi connectivity index (χ2n) is 5.07. The third kappa shape index (κ3) is 2.88. The molecule has 0 aliphatic carbocycles. The summed E-state index contributed by atoms with van der Waals surface area (Å²) < 4.78 is 13.9. The zero-order valence-electron chi connectivity index (χ0n) is 12.2. The van der Waals surface area contributed by atoms with Crippen LogP contribution in [0.25, 0.3) is 0 Å². The normalized spacial score (nSPS) is 13.3. The van der Waals surface area contributed by atoms with Crippen molar-refractivity contribution in [3.05, 3.63) is 95.5 Å². The first-order chi connectivity index (χ1) is 11.1. The van der Waals surface area contributed by atoms with Gasteiger partial charge in [0.25, 0.3) is 0 Å². The molecule has 0 bridgehead atoms. The lowest BCUT2D eigenvalue weighted by molar-refractivity contribution is 0.107. The monoisotopic (exact) mass is 340 g/mol. The predicted molar refractivity (Wildman–Crippen MR) is 95.5 cm³/mol. The molecule has 23 heavy (non-hydrogen) atoms. The number of hydrogen-bond donors (Lipinski definition) is 0. The lowest BCUT2D eigenvalue weighted by Crippen LogP contribution is -2.23. The first-order valence-electron chi connectivity index (χ1n) is 7.15. The molecule has 0 aromatic heterocycles. The van der Waals surface area contributed by atoms with Gasteiger partial charge in [0.05, 0.1) is 5.02 Å². The molecule has 0 fully saturated rings. The molecule has 0 heterocycles. The maximum Gasteiger partial charge on any atom is 0.230 e. The molecule has 2 nitrogen and oxygen atoms in total. The highest BCUT2D eigenvalue weighted by Gasteiger charge is 2.37. The van der Waals surface area contributed by atoms with Gasteiger partial charge in [0.15, 0.2) is 0 Å². The summed E-state index contributed by atoms with van der Waals surface area (Å²) in [5.74, 6) is 0. The summed E-state index contributed by atoms with van der Waals surface area (Å²) in [6.07, 6.45) is 0.